The molecule has 146 valence electrons. The molecule has 1 N–H and O–H groups in total. The molecule has 0 unspecified atom stereocenters. The van der Waals surface area contributed by atoms with E-state index in [1.165, 1.54) is 42.4 Å². The summed E-state index contributed by atoms with van der Waals surface area (Å²) in [5.41, 5.74) is 0.941. The Kier molecular flexibility index (Phi) is 6.42. The highest BCUT2D eigenvalue weighted by Gasteiger charge is 2.23. The molecule has 2 heterocycles. The lowest BCUT2D eigenvalue weighted by atomic mass is 9.86. The Morgan fingerprint density at radius 3 is 2.85 bits per heavy atom. The normalized spacial score (nSPS) is 20.0. The first kappa shape index (κ1) is 20.1. The molecule has 1 amide bonds. The topological polar surface area (TPSA) is 64.0 Å². The van der Waals surface area contributed by atoms with Gasteiger partial charge in [0, 0.05) is 17.5 Å². The van der Waals surface area contributed by atoms with E-state index in [0.717, 1.165) is 21.7 Å². The van der Waals surface area contributed by atoms with Crippen molar-refractivity contribution < 1.29 is 4.79 Å². The second-order valence-electron chi connectivity index (χ2n) is 7.29. The summed E-state index contributed by atoms with van der Waals surface area (Å²) in [5, 5.41) is 4.43. The Morgan fingerprint density at radius 2 is 2.15 bits per heavy atom. The highest BCUT2D eigenvalue weighted by molar-refractivity contribution is 7.99. The number of thioether (sulfide) groups is 1. The van der Waals surface area contributed by atoms with Crippen LogP contribution in [0.3, 0.4) is 0 Å². The number of aromatic nitrogens is 2. The van der Waals surface area contributed by atoms with E-state index in [9.17, 15) is 9.59 Å². The van der Waals surface area contributed by atoms with Crippen molar-refractivity contribution in [1.82, 2.24) is 14.9 Å². The van der Waals surface area contributed by atoms with E-state index in [1.807, 2.05) is 13.8 Å². The zero-order valence-electron chi connectivity index (χ0n) is 16.2. The summed E-state index contributed by atoms with van der Waals surface area (Å²) in [6.45, 7) is 10.3. The van der Waals surface area contributed by atoms with Crippen molar-refractivity contribution in [2.75, 3.05) is 5.75 Å². The largest absolute Gasteiger partial charge is 0.352 e. The molecule has 2 aromatic rings. The van der Waals surface area contributed by atoms with Crippen LogP contribution in [-0.4, -0.2) is 27.3 Å². The molecule has 7 heteroatoms. The van der Waals surface area contributed by atoms with Gasteiger partial charge in [-0.15, -0.1) is 17.9 Å². The number of aryl methyl sites for hydroxylation is 2. The third-order valence-corrected chi connectivity index (χ3v) is 7.43. The second-order valence-corrected chi connectivity index (χ2v) is 9.43. The van der Waals surface area contributed by atoms with Gasteiger partial charge >= 0.3 is 0 Å². The number of nitrogens with one attached hydrogen (secondary N) is 1. The number of rotatable bonds is 6. The molecule has 1 saturated carbocycles. The minimum Gasteiger partial charge on any atom is -0.352 e. The van der Waals surface area contributed by atoms with E-state index in [1.54, 1.807) is 10.6 Å². The minimum atomic E-state index is -0.0504. The van der Waals surface area contributed by atoms with Crippen LogP contribution in [0.2, 0.25) is 0 Å². The molecule has 0 bridgehead atoms. The molecule has 5 nitrogen and oxygen atoms in total. The second kappa shape index (κ2) is 8.61. The third-order valence-electron chi connectivity index (χ3n) is 5.36. The van der Waals surface area contributed by atoms with Gasteiger partial charge in [0.25, 0.3) is 5.56 Å². The lowest BCUT2D eigenvalue weighted by molar-refractivity contribution is -0.119. The fourth-order valence-corrected chi connectivity index (χ4v) is 5.51. The highest BCUT2D eigenvalue weighted by atomic mass is 32.2. The van der Waals surface area contributed by atoms with Gasteiger partial charge in [-0.1, -0.05) is 37.6 Å². The molecule has 0 saturated heterocycles. The molecule has 1 aliphatic rings. The maximum absolute atomic E-state index is 12.9. The van der Waals surface area contributed by atoms with Gasteiger partial charge in [-0.3, -0.25) is 14.2 Å². The first-order valence-electron chi connectivity index (χ1n) is 9.46. The number of nitrogens with zero attached hydrogens (tertiary/aromatic N) is 2. The van der Waals surface area contributed by atoms with Crippen LogP contribution >= 0.6 is 23.1 Å². The smallest absolute Gasteiger partial charge is 0.263 e. The van der Waals surface area contributed by atoms with Gasteiger partial charge in [-0.05, 0) is 38.2 Å². The number of carbonyl (C=O) groups is 1. The van der Waals surface area contributed by atoms with Gasteiger partial charge in [0.15, 0.2) is 5.16 Å². The molecule has 27 heavy (non-hydrogen) atoms. The predicted molar refractivity (Wildman–Crippen MR) is 114 cm³/mol. The molecular weight excluding hydrogens is 378 g/mol. The van der Waals surface area contributed by atoms with Gasteiger partial charge < -0.3 is 5.32 Å². The van der Waals surface area contributed by atoms with Crippen LogP contribution in [0.25, 0.3) is 10.2 Å². The van der Waals surface area contributed by atoms with Crippen molar-refractivity contribution >= 4 is 39.2 Å². The summed E-state index contributed by atoms with van der Waals surface area (Å²) in [6, 6.07) is 0.264. The summed E-state index contributed by atoms with van der Waals surface area (Å²) >= 11 is 2.86. The molecule has 2 aromatic heterocycles. The standard InChI is InChI=1S/C20H27N3O2S2/c1-5-10-23-19(25)17-13(3)14(4)27-18(17)22-20(23)26-11-16(24)21-15-9-7-6-8-12(15)2/h5,12,15H,1,6-11H2,2-4H3,(H,21,24)/t12-,15-/m1/s1. The number of thiophene rings is 1. The molecular formula is C20H27N3O2S2. The SMILES string of the molecule is C=CCn1c(SCC(=O)N[C@@H]2CCCC[C@H]2C)nc2sc(C)c(C)c2c1=O. The molecule has 3 rings (SSSR count). The zero-order valence-corrected chi connectivity index (χ0v) is 17.8. The average Bonchev–Trinajstić information content (AvgIpc) is 2.92. The summed E-state index contributed by atoms with van der Waals surface area (Å²) in [5.74, 6) is 0.803. The van der Waals surface area contributed by atoms with E-state index < -0.39 is 0 Å². The summed E-state index contributed by atoms with van der Waals surface area (Å²) in [4.78, 5) is 31.9. The van der Waals surface area contributed by atoms with Gasteiger partial charge in [-0.2, -0.15) is 0 Å². The van der Waals surface area contributed by atoms with Crippen molar-refractivity contribution in [2.45, 2.75) is 64.2 Å². The Balaban J connectivity index is 1.79. The zero-order chi connectivity index (χ0) is 19.6. The van der Waals surface area contributed by atoms with Gasteiger partial charge in [0.2, 0.25) is 5.91 Å². The first-order chi connectivity index (χ1) is 12.9. The lowest BCUT2D eigenvalue weighted by Crippen LogP contribution is -2.41. The Morgan fingerprint density at radius 1 is 1.41 bits per heavy atom. The van der Waals surface area contributed by atoms with Crippen LogP contribution in [-0.2, 0) is 11.3 Å². The molecule has 1 aliphatic carbocycles. The predicted octanol–water partition coefficient (Wildman–Crippen LogP) is 4.05. The maximum Gasteiger partial charge on any atom is 0.263 e. The quantitative estimate of drug-likeness (QED) is 0.447. The number of allylic oxidation sites excluding steroid dienone is 1. The molecule has 2 atom stereocenters. The van der Waals surface area contributed by atoms with Crippen LogP contribution in [0.5, 0.6) is 0 Å². The van der Waals surface area contributed by atoms with Crippen LogP contribution in [0.1, 0.15) is 43.0 Å². The molecule has 0 radical (unpaired) electrons. The number of amides is 1. The van der Waals surface area contributed by atoms with E-state index in [0.29, 0.717) is 23.0 Å². The lowest BCUT2D eigenvalue weighted by Gasteiger charge is -2.29. The molecule has 1 fully saturated rings. The van der Waals surface area contributed by atoms with Crippen molar-refractivity contribution in [3.63, 3.8) is 0 Å². The highest BCUT2D eigenvalue weighted by Crippen LogP contribution is 2.28. The first-order valence-corrected chi connectivity index (χ1v) is 11.3. The summed E-state index contributed by atoms with van der Waals surface area (Å²) in [7, 11) is 0. The Hall–Kier alpha value is -1.60. The number of carbonyl (C=O) groups excluding carboxylic acids is 1. The van der Waals surface area contributed by atoms with Crippen LogP contribution in [0, 0.1) is 19.8 Å². The van der Waals surface area contributed by atoms with Gasteiger partial charge in [0.05, 0.1) is 11.1 Å². The minimum absolute atomic E-state index is 0.0109. The Bertz CT molecular complexity index is 916. The van der Waals surface area contributed by atoms with Crippen molar-refractivity contribution in [3.05, 3.63) is 33.4 Å². The fraction of sp³-hybridized carbons (Fsp3) is 0.550. The van der Waals surface area contributed by atoms with Gasteiger partial charge in [-0.25, -0.2) is 4.98 Å². The Labute approximate surface area is 168 Å². The molecule has 0 spiro atoms. The van der Waals surface area contributed by atoms with Crippen molar-refractivity contribution in [1.29, 1.82) is 0 Å². The monoisotopic (exact) mass is 405 g/mol. The van der Waals surface area contributed by atoms with Crippen LogP contribution < -0.4 is 10.9 Å². The van der Waals surface area contributed by atoms with Crippen molar-refractivity contribution in [2.24, 2.45) is 5.92 Å². The van der Waals surface area contributed by atoms with E-state index in [2.05, 4.69) is 23.8 Å². The summed E-state index contributed by atoms with van der Waals surface area (Å²) in [6.07, 6.45) is 6.34. The maximum atomic E-state index is 12.9. The molecule has 0 aromatic carbocycles. The van der Waals surface area contributed by atoms with Gasteiger partial charge in [0.1, 0.15) is 4.83 Å². The number of fused-ring (bicyclic) bond motifs is 1. The molecule has 0 aliphatic heterocycles. The van der Waals surface area contributed by atoms with E-state index in [-0.39, 0.29) is 23.3 Å². The van der Waals surface area contributed by atoms with Crippen LogP contribution in [0.15, 0.2) is 22.6 Å². The average molecular weight is 406 g/mol. The van der Waals surface area contributed by atoms with Crippen molar-refractivity contribution in [3.8, 4) is 0 Å². The number of hydrogen-bond acceptors (Lipinski definition) is 5. The number of hydrogen-bond donors (Lipinski definition) is 1. The van der Waals surface area contributed by atoms with E-state index in [4.69, 9.17) is 0 Å². The third kappa shape index (κ3) is 4.29. The van der Waals surface area contributed by atoms with E-state index >= 15 is 0 Å². The fourth-order valence-electron chi connectivity index (χ4n) is 3.62. The summed E-state index contributed by atoms with van der Waals surface area (Å²) < 4.78 is 1.62. The van der Waals surface area contributed by atoms with Crippen LogP contribution in [0.4, 0.5) is 0 Å².